The lowest BCUT2D eigenvalue weighted by atomic mass is 10.1. The average molecular weight is 272 g/mol. The number of carbonyl (C=O) groups excluding carboxylic acids is 1. The third kappa shape index (κ3) is 3.83. The Balaban J connectivity index is 2.13. The van der Waals surface area contributed by atoms with Gasteiger partial charge in [0.1, 0.15) is 6.10 Å². The maximum atomic E-state index is 12.2. The number of nitrogens with two attached hydrogens (primary N) is 1. The fourth-order valence-electron chi connectivity index (χ4n) is 2.18. The molecule has 1 atom stereocenters. The van der Waals surface area contributed by atoms with Gasteiger partial charge in [0, 0.05) is 12.2 Å². The maximum Gasteiger partial charge on any atom is 0.253 e. The van der Waals surface area contributed by atoms with E-state index in [0.717, 1.165) is 36.1 Å². The molecule has 1 heterocycles. The predicted octanol–water partition coefficient (Wildman–Crippen LogP) is 1.81. The van der Waals surface area contributed by atoms with Gasteiger partial charge in [-0.2, -0.15) is 0 Å². The molecule has 0 spiro atoms. The highest BCUT2D eigenvalue weighted by Gasteiger charge is 2.22. The first-order valence-corrected chi connectivity index (χ1v) is 6.93. The lowest BCUT2D eigenvalue weighted by molar-refractivity contribution is -0.129. The first-order valence-electron chi connectivity index (χ1n) is 6.93. The molecule has 0 aliphatic carbocycles. The van der Waals surface area contributed by atoms with Crippen LogP contribution in [0.3, 0.4) is 0 Å². The van der Waals surface area contributed by atoms with Gasteiger partial charge in [-0.3, -0.25) is 4.79 Å². The van der Waals surface area contributed by atoms with Gasteiger partial charge in [0.25, 0.3) is 5.91 Å². The molecule has 1 aromatic carbocycles. The molecule has 0 radical (unpaired) electrons. The molecule has 1 unspecified atom stereocenters. The van der Waals surface area contributed by atoms with Gasteiger partial charge in [-0.1, -0.05) is 17.9 Å². The van der Waals surface area contributed by atoms with Crippen molar-refractivity contribution in [2.75, 3.05) is 18.5 Å². The van der Waals surface area contributed by atoms with E-state index >= 15 is 0 Å². The number of amides is 1. The third-order valence-corrected chi connectivity index (χ3v) is 3.23. The summed E-state index contributed by atoms with van der Waals surface area (Å²) in [7, 11) is 0. The van der Waals surface area contributed by atoms with Crippen LogP contribution >= 0.6 is 0 Å². The zero-order valence-electron chi connectivity index (χ0n) is 11.7. The monoisotopic (exact) mass is 272 g/mol. The molecule has 1 aliphatic rings. The van der Waals surface area contributed by atoms with Crippen LogP contribution in [0, 0.1) is 18.8 Å². The molecule has 1 aromatic rings. The summed E-state index contributed by atoms with van der Waals surface area (Å²) in [5, 5.41) is 2.91. The molecule has 0 aromatic heterocycles. The fraction of sp³-hybridized carbons (Fsp3) is 0.438. The van der Waals surface area contributed by atoms with Crippen molar-refractivity contribution in [3.05, 3.63) is 29.3 Å². The maximum absolute atomic E-state index is 12.2. The molecule has 1 aliphatic heterocycles. The van der Waals surface area contributed by atoms with E-state index < -0.39 is 0 Å². The number of benzene rings is 1. The third-order valence-electron chi connectivity index (χ3n) is 3.23. The van der Waals surface area contributed by atoms with Crippen molar-refractivity contribution in [1.82, 2.24) is 0 Å². The Morgan fingerprint density at radius 1 is 1.50 bits per heavy atom. The van der Waals surface area contributed by atoms with Crippen molar-refractivity contribution in [2.45, 2.75) is 32.3 Å². The van der Waals surface area contributed by atoms with Crippen LogP contribution < -0.4 is 11.1 Å². The van der Waals surface area contributed by atoms with E-state index in [1.165, 1.54) is 0 Å². The molecule has 1 amide bonds. The highest BCUT2D eigenvalue weighted by Crippen LogP contribution is 2.19. The largest absolute Gasteiger partial charge is 0.368 e. The van der Waals surface area contributed by atoms with Crippen LogP contribution in [0.15, 0.2) is 18.2 Å². The highest BCUT2D eigenvalue weighted by atomic mass is 16.5. The minimum atomic E-state index is -0.347. The number of aryl methyl sites for hydroxylation is 1. The Labute approximate surface area is 119 Å². The number of nitrogens with one attached hydrogen (secondary N) is 1. The van der Waals surface area contributed by atoms with Gasteiger partial charge in [0.05, 0.1) is 12.2 Å². The summed E-state index contributed by atoms with van der Waals surface area (Å²) in [6, 6.07) is 5.77. The van der Waals surface area contributed by atoms with Crippen molar-refractivity contribution in [1.29, 1.82) is 0 Å². The van der Waals surface area contributed by atoms with E-state index in [4.69, 9.17) is 10.5 Å². The summed E-state index contributed by atoms with van der Waals surface area (Å²) in [6.45, 7) is 2.95. The standard InChI is InChI=1S/C16H20N2O2/c1-12-7-8-14(13(11-12)5-4-9-17)18-16(19)15-6-2-3-10-20-15/h7-8,11,15H,2-3,6,9-10,17H2,1H3,(H,18,19). The van der Waals surface area contributed by atoms with Gasteiger partial charge in [0.2, 0.25) is 0 Å². The molecular weight excluding hydrogens is 252 g/mol. The molecule has 1 fully saturated rings. The lowest BCUT2D eigenvalue weighted by Crippen LogP contribution is -2.33. The van der Waals surface area contributed by atoms with Crippen LogP contribution in [0.25, 0.3) is 0 Å². The Bertz CT molecular complexity index is 537. The molecule has 1 saturated heterocycles. The number of ether oxygens (including phenoxy) is 1. The minimum Gasteiger partial charge on any atom is -0.368 e. The van der Waals surface area contributed by atoms with Crippen LogP contribution in [0.4, 0.5) is 5.69 Å². The number of hydrogen-bond acceptors (Lipinski definition) is 3. The minimum absolute atomic E-state index is 0.0932. The fourth-order valence-corrected chi connectivity index (χ4v) is 2.18. The summed E-state index contributed by atoms with van der Waals surface area (Å²) in [4.78, 5) is 12.2. The van der Waals surface area contributed by atoms with Gasteiger partial charge in [-0.25, -0.2) is 0 Å². The van der Waals surface area contributed by atoms with E-state index in [9.17, 15) is 4.79 Å². The van der Waals surface area contributed by atoms with Gasteiger partial charge < -0.3 is 15.8 Å². The summed E-state index contributed by atoms with van der Waals surface area (Å²) >= 11 is 0. The molecule has 0 saturated carbocycles. The van der Waals surface area contributed by atoms with Crippen molar-refractivity contribution < 1.29 is 9.53 Å². The Morgan fingerprint density at radius 2 is 2.35 bits per heavy atom. The van der Waals surface area contributed by atoms with E-state index in [-0.39, 0.29) is 12.0 Å². The van der Waals surface area contributed by atoms with E-state index in [1.54, 1.807) is 0 Å². The van der Waals surface area contributed by atoms with Crippen LogP contribution in [0.1, 0.15) is 30.4 Å². The molecule has 4 nitrogen and oxygen atoms in total. The molecule has 4 heteroatoms. The quantitative estimate of drug-likeness (QED) is 0.807. The first kappa shape index (κ1) is 14.6. The summed E-state index contributed by atoms with van der Waals surface area (Å²) in [6.07, 6.45) is 2.50. The van der Waals surface area contributed by atoms with Crippen molar-refractivity contribution in [3.63, 3.8) is 0 Å². The van der Waals surface area contributed by atoms with Crippen molar-refractivity contribution in [2.24, 2.45) is 5.73 Å². The second kappa shape index (κ2) is 7.09. The Kier molecular flexibility index (Phi) is 5.16. The van der Waals surface area contributed by atoms with E-state index in [0.29, 0.717) is 13.2 Å². The van der Waals surface area contributed by atoms with Crippen LogP contribution in [-0.4, -0.2) is 25.2 Å². The molecular formula is C16H20N2O2. The summed E-state index contributed by atoms with van der Waals surface area (Å²) in [5.41, 5.74) is 8.01. The van der Waals surface area contributed by atoms with Gasteiger partial charge in [0.15, 0.2) is 0 Å². The lowest BCUT2D eigenvalue weighted by Gasteiger charge is -2.22. The van der Waals surface area contributed by atoms with Crippen LogP contribution in [0.2, 0.25) is 0 Å². The topological polar surface area (TPSA) is 64.3 Å². The number of hydrogen-bond donors (Lipinski definition) is 2. The number of rotatable bonds is 2. The van der Waals surface area contributed by atoms with Gasteiger partial charge >= 0.3 is 0 Å². The summed E-state index contributed by atoms with van der Waals surface area (Å²) < 4.78 is 5.49. The second-order valence-corrected chi connectivity index (χ2v) is 4.90. The van der Waals surface area contributed by atoms with Crippen LogP contribution in [-0.2, 0) is 9.53 Å². The molecule has 2 rings (SSSR count). The Morgan fingerprint density at radius 3 is 3.05 bits per heavy atom. The molecule has 106 valence electrons. The molecule has 20 heavy (non-hydrogen) atoms. The number of carbonyl (C=O) groups is 1. The SMILES string of the molecule is Cc1ccc(NC(=O)C2CCCCO2)c(C#CCN)c1. The second-order valence-electron chi connectivity index (χ2n) is 4.90. The predicted molar refractivity (Wildman–Crippen MR) is 79.3 cm³/mol. The summed E-state index contributed by atoms with van der Waals surface area (Å²) in [5.74, 6) is 5.72. The zero-order valence-corrected chi connectivity index (χ0v) is 11.7. The van der Waals surface area contributed by atoms with E-state index in [1.807, 2.05) is 25.1 Å². The van der Waals surface area contributed by atoms with Crippen molar-refractivity contribution >= 4 is 11.6 Å². The normalized spacial score (nSPS) is 18.0. The molecule has 0 bridgehead atoms. The Hall–Kier alpha value is -1.83. The highest BCUT2D eigenvalue weighted by molar-refractivity contribution is 5.95. The average Bonchev–Trinajstić information content (AvgIpc) is 2.48. The molecule has 3 N–H and O–H groups in total. The van der Waals surface area contributed by atoms with Gasteiger partial charge in [-0.15, -0.1) is 0 Å². The van der Waals surface area contributed by atoms with Gasteiger partial charge in [-0.05, 0) is 43.9 Å². The smallest absolute Gasteiger partial charge is 0.253 e. The van der Waals surface area contributed by atoms with E-state index in [2.05, 4.69) is 17.2 Å². The zero-order chi connectivity index (χ0) is 14.4. The first-order chi connectivity index (χ1) is 9.70. The van der Waals surface area contributed by atoms with Crippen LogP contribution in [0.5, 0.6) is 0 Å². The van der Waals surface area contributed by atoms with Crippen molar-refractivity contribution in [3.8, 4) is 11.8 Å². The number of anilines is 1.